The first-order valence-corrected chi connectivity index (χ1v) is 12.7. The summed E-state index contributed by atoms with van der Waals surface area (Å²) in [5.74, 6) is 0.454. The Morgan fingerprint density at radius 3 is 2.72 bits per heavy atom. The number of aldehydes is 1. The standard InChI is InChI=1S/C26H35ClN6O3/c1-6-8-17(3)33(12-7-2)26-29-15-21(27)24(31-26)30-18-9-10-22(32(4)5)19(14-18)23-20(16-34)25(35)36-13-11-28-23/h9-10,14-17,28H,6-8,11-13H2,1-5H3,(H,29,30,31). The summed E-state index contributed by atoms with van der Waals surface area (Å²) in [5.41, 5.74) is 2.59. The van der Waals surface area contributed by atoms with Crippen molar-refractivity contribution in [2.24, 2.45) is 0 Å². The Labute approximate surface area is 217 Å². The van der Waals surface area contributed by atoms with Gasteiger partial charge in [0.15, 0.2) is 12.1 Å². The number of halogens is 1. The number of cyclic esters (lactones) is 1. The number of aromatic nitrogens is 2. The first-order valence-electron chi connectivity index (χ1n) is 12.3. The molecule has 1 atom stereocenters. The zero-order valence-electron chi connectivity index (χ0n) is 21.6. The van der Waals surface area contributed by atoms with Crippen LogP contribution in [0.2, 0.25) is 5.02 Å². The molecule has 2 aromatic rings. The van der Waals surface area contributed by atoms with Gasteiger partial charge in [-0.1, -0.05) is 31.9 Å². The summed E-state index contributed by atoms with van der Waals surface area (Å²) in [5, 5.41) is 6.87. The smallest absolute Gasteiger partial charge is 0.343 e. The average molecular weight is 515 g/mol. The molecule has 0 amide bonds. The normalized spacial score (nSPS) is 14.4. The molecule has 1 aliphatic rings. The van der Waals surface area contributed by atoms with Crippen molar-refractivity contribution in [3.8, 4) is 0 Å². The number of ether oxygens (including phenoxy) is 1. The maximum Gasteiger partial charge on any atom is 0.343 e. The van der Waals surface area contributed by atoms with Crippen LogP contribution >= 0.6 is 11.6 Å². The lowest BCUT2D eigenvalue weighted by Gasteiger charge is -2.29. The van der Waals surface area contributed by atoms with E-state index in [-0.39, 0.29) is 12.2 Å². The van der Waals surface area contributed by atoms with Crippen LogP contribution in [0.5, 0.6) is 0 Å². The molecular weight excluding hydrogens is 480 g/mol. The molecule has 0 radical (unpaired) electrons. The fourth-order valence-corrected chi connectivity index (χ4v) is 4.34. The van der Waals surface area contributed by atoms with Crippen molar-refractivity contribution in [1.29, 1.82) is 0 Å². The van der Waals surface area contributed by atoms with E-state index in [2.05, 4.69) is 41.3 Å². The van der Waals surface area contributed by atoms with E-state index in [0.717, 1.165) is 31.5 Å². The largest absolute Gasteiger partial charge is 0.460 e. The molecule has 1 aliphatic heterocycles. The molecule has 1 aromatic carbocycles. The van der Waals surface area contributed by atoms with E-state index in [1.54, 1.807) is 6.20 Å². The lowest BCUT2D eigenvalue weighted by Crippen LogP contribution is -2.35. The average Bonchev–Trinajstić information content (AvgIpc) is 3.04. The number of carbonyl (C=O) groups is 2. The van der Waals surface area contributed by atoms with Crippen LogP contribution in [0.25, 0.3) is 5.70 Å². The molecule has 0 spiro atoms. The van der Waals surface area contributed by atoms with Crippen LogP contribution < -0.4 is 20.4 Å². The molecule has 0 saturated heterocycles. The van der Waals surface area contributed by atoms with Crippen LogP contribution in [0.1, 0.15) is 45.6 Å². The zero-order chi connectivity index (χ0) is 26.2. The van der Waals surface area contributed by atoms with Gasteiger partial charge in [0.25, 0.3) is 0 Å². The van der Waals surface area contributed by atoms with Crippen LogP contribution in [-0.4, -0.2) is 62.1 Å². The van der Waals surface area contributed by atoms with Crippen molar-refractivity contribution in [2.45, 2.75) is 46.1 Å². The second kappa shape index (κ2) is 12.6. The fourth-order valence-electron chi connectivity index (χ4n) is 4.20. The lowest BCUT2D eigenvalue weighted by molar-refractivity contribution is -0.138. The van der Waals surface area contributed by atoms with Gasteiger partial charge in [-0.15, -0.1) is 0 Å². The molecule has 3 rings (SSSR count). The van der Waals surface area contributed by atoms with Crippen molar-refractivity contribution >= 4 is 52.7 Å². The number of rotatable bonds is 11. The molecule has 36 heavy (non-hydrogen) atoms. The molecule has 2 heterocycles. The Balaban J connectivity index is 2.03. The van der Waals surface area contributed by atoms with Crippen molar-refractivity contribution < 1.29 is 14.3 Å². The second-order valence-electron chi connectivity index (χ2n) is 8.92. The summed E-state index contributed by atoms with van der Waals surface area (Å²) in [7, 11) is 3.80. The number of carbonyl (C=O) groups excluding carboxylic acids is 2. The maximum absolute atomic E-state index is 12.4. The van der Waals surface area contributed by atoms with Crippen LogP contribution in [0.4, 0.5) is 23.1 Å². The van der Waals surface area contributed by atoms with E-state index in [9.17, 15) is 9.59 Å². The molecule has 0 bridgehead atoms. The molecule has 10 heteroatoms. The van der Waals surface area contributed by atoms with Gasteiger partial charge in [-0.25, -0.2) is 9.78 Å². The fraction of sp³-hybridized carbons (Fsp3) is 0.462. The monoisotopic (exact) mass is 514 g/mol. The quantitative estimate of drug-likeness (QED) is 0.256. The van der Waals surface area contributed by atoms with E-state index < -0.39 is 5.97 Å². The molecule has 1 aromatic heterocycles. The number of esters is 1. The highest BCUT2D eigenvalue weighted by atomic mass is 35.5. The summed E-state index contributed by atoms with van der Waals surface area (Å²) in [6, 6.07) is 5.97. The number of anilines is 4. The number of nitrogens with one attached hydrogen (secondary N) is 2. The number of hydrogen-bond donors (Lipinski definition) is 2. The minimum absolute atomic E-state index is 0.0461. The molecule has 194 valence electrons. The van der Waals surface area contributed by atoms with Gasteiger partial charge in [-0.2, -0.15) is 4.98 Å². The topological polar surface area (TPSA) is 99.7 Å². The minimum Gasteiger partial charge on any atom is -0.460 e. The number of benzene rings is 1. The highest BCUT2D eigenvalue weighted by Crippen LogP contribution is 2.33. The highest BCUT2D eigenvalue weighted by molar-refractivity contribution is 6.33. The Morgan fingerprint density at radius 1 is 1.28 bits per heavy atom. The zero-order valence-corrected chi connectivity index (χ0v) is 22.4. The van der Waals surface area contributed by atoms with Gasteiger partial charge in [0.1, 0.15) is 17.2 Å². The van der Waals surface area contributed by atoms with Crippen LogP contribution in [0.15, 0.2) is 30.0 Å². The summed E-state index contributed by atoms with van der Waals surface area (Å²) in [6.07, 6.45) is 5.22. The molecule has 9 nitrogen and oxygen atoms in total. The second-order valence-corrected chi connectivity index (χ2v) is 9.33. The molecule has 0 fully saturated rings. The minimum atomic E-state index is -0.645. The van der Waals surface area contributed by atoms with E-state index in [4.69, 9.17) is 21.3 Å². The predicted molar refractivity (Wildman–Crippen MR) is 145 cm³/mol. The van der Waals surface area contributed by atoms with E-state index >= 15 is 0 Å². The van der Waals surface area contributed by atoms with Crippen molar-refractivity contribution in [2.75, 3.05) is 48.9 Å². The van der Waals surface area contributed by atoms with E-state index in [0.29, 0.717) is 52.6 Å². The molecule has 2 N–H and O–H groups in total. The van der Waals surface area contributed by atoms with E-state index in [1.165, 1.54) is 0 Å². The Bertz CT molecular complexity index is 1120. The maximum atomic E-state index is 12.4. The van der Waals surface area contributed by atoms with E-state index in [1.807, 2.05) is 37.2 Å². The van der Waals surface area contributed by atoms with Crippen molar-refractivity contribution in [3.63, 3.8) is 0 Å². The first kappa shape index (κ1) is 27.3. The van der Waals surface area contributed by atoms with Gasteiger partial charge in [-0.3, -0.25) is 4.79 Å². The Morgan fingerprint density at radius 2 is 2.06 bits per heavy atom. The molecule has 0 saturated carbocycles. The summed E-state index contributed by atoms with van der Waals surface area (Å²) in [4.78, 5) is 37.5. The third kappa shape index (κ3) is 6.26. The molecule has 0 aliphatic carbocycles. The van der Waals surface area contributed by atoms with Crippen LogP contribution in [-0.2, 0) is 14.3 Å². The summed E-state index contributed by atoms with van der Waals surface area (Å²) < 4.78 is 5.13. The Hall–Kier alpha value is -3.33. The number of hydrogen-bond acceptors (Lipinski definition) is 9. The van der Waals surface area contributed by atoms with Gasteiger partial charge in [-0.05, 0) is 38.0 Å². The Kier molecular flexibility index (Phi) is 9.52. The third-order valence-corrected chi connectivity index (χ3v) is 6.22. The first-order chi connectivity index (χ1) is 17.3. The van der Waals surface area contributed by atoms with Crippen LogP contribution in [0, 0.1) is 0 Å². The molecular formula is C26H35ClN6O3. The van der Waals surface area contributed by atoms with Gasteiger partial charge >= 0.3 is 5.97 Å². The summed E-state index contributed by atoms with van der Waals surface area (Å²) >= 11 is 6.48. The molecule has 1 unspecified atom stereocenters. The van der Waals surface area contributed by atoms with Crippen LogP contribution in [0.3, 0.4) is 0 Å². The third-order valence-electron chi connectivity index (χ3n) is 5.95. The van der Waals surface area contributed by atoms with Crippen molar-refractivity contribution in [3.05, 3.63) is 40.6 Å². The summed E-state index contributed by atoms with van der Waals surface area (Å²) in [6.45, 7) is 7.90. The predicted octanol–water partition coefficient (Wildman–Crippen LogP) is 4.40. The van der Waals surface area contributed by atoms with Gasteiger partial charge in [0.2, 0.25) is 5.95 Å². The van der Waals surface area contributed by atoms with Gasteiger partial charge in [0.05, 0.1) is 11.9 Å². The highest BCUT2D eigenvalue weighted by Gasteiger charge is 2.24. The van der Waals surface area contributed by atoms with Gasteiger partial charge in [0, 0.05) is 50.2 Å². The van der Waals surface area contributed by atoms with Crippen molar-refractivity contribution in [1.82, 2.24) is 15.3 Å². The number of nitrogens with zero attached hydrogens (tertiary/aromatic N) is 4. The van der Waals surface area contributed by atoms with Gasteiger partial charge < -0.3 is 25.2 Å². The SMILES string of the molecule is CCCC(C)N(CCC)c1ncc(Cl)c(Nc2ccc(N(C)C)c(C3=C(C=O)C(=O)OCCN3)c2)n1. The lowest BCUT2D eigenvalue weighted by atomic mass is 10.0.